The highest BCUT2D eigenvalue weighted by Crippen LogP contribution is 2.34. The summed E-state index contributed by atoms with van der Waals surface area (Å²) in [5.41, 5.74) is 2.38. The van der Waals surface area contributed by atoms with Gasteiger partial charge in [0.25, 0.3) is 11.6 Å². The van der Waals surface area contributed by atoms with Crippen LogP contribution in [-0.2, 0) is 7.05 Å². The molecule has 1 saturated heterocycles. The average Bonchev–Trinajstić information content (AvgIpc) is 3.21. The highest BCUT2D eigenvalue weighted by atomic mass is 32.2. The molecule has 4 rings (SSSR count). The quantitative estimate of drug-likeness (QED) is 0.396. The van der Waals surface area contributed by atoms with Gasteiger partial charge in [-0.2, -0.15) is 0 Å². The number of hydrogen-bond acceptors (Lipinski definition) is 7. The lowest BCUT2D eigenvalue weighted by Crippen LogP contribution is -2.41. The van der Waals surface area contributed by atoms with E-state index in [0.29, 0.717) is 41.5 Å². The molecule has 1 aromatic heterocycles. The Morgan fingerprint density at radius 1 is 1.18 bits per heavy atom. The summed E-state index contributed by atoms with van der Waals surface area (Å²) in [6.07, 6.45) is 2.98. The van der Waals surface area contributed by atoms with Crippen molar-refractivity contribution in [1.82, 2.24) is 19.7 Å². The van der Waals surface area contributed by atoms with Crippen LogP contribution in [0, 0.1) is 24.0 Å². The van der Waals surface area contributed by atoms with Crippen LogP contribution in [0.25, 0.3) is 0 Å². The number of nitro groups is 1. The molecule has 2 heterocycles. The van der Waals surface area contributed by atoms with Gasteiger partial charge in [0.05, 0.1) is 9.82 Å². The van der Waals surface area contributed by atoms with Crippen LogP contribution in [0.1, 0.15) is 34.3 Å². The zero-order valence-electron chi connectivity index (χ0n) is 18.7. The summed E-state index contributed by atoms with van der Waals surface area (Å²) in [7, 11) is 1.76. The van der Waals surface area contributed by atoms with Gasteiger partial charge in [-0.25, -0.2) is 0 Å². The highest BCUT2D eigenvalue weighted by molar-refractivity contribution is 7.99. The molecule has 0 unspecified atom stereocenters. The molecule has 0 atom stereocenters. The molecule has 33 heavy (non-hydrogen) atoms. The van der Waals surface area contributed by atoms with Gasteiger partial charge in [0.15, 0.2) is 5.16 Å². The third-order valence-corrected chi connectivity index (χ3v) is 6.81. The van der Waals surface area contributed by atoms with Crippen LogP contribution in [0.15, 0.2) is 52.8 Å². The normalized spacial score (nSPS) is 14.3. The molecular formula is C23H25N5O4S. The van der Waals surface area contributed by atoms with E-state index < -0.39 is 4.92 Å². The van der Waals surface area contributed by atoms with Crippen molar-refractivity contribution in [3.63, 3.8) is 0 Å². The van der Waals surface area contributed by atoms with E-state index in [-0.39, 0.29) is 17.7 Å². The summed E-state index contributed by atoms with van der Waals surface area (Å²) in [5.74, 6) is 0.702. The van der Waals surface area contributed by atoms with E-state index in [1.165, 1.54) is 12.4 Å². The number of piperidine rings is 1. The number of benzene rings is 2. The van der Waals surface area contributed by atoms with Gasteiger partial charge in [0.2, 0.25) is 0 Å². The fourth-order valence-corrected chi connectivity index (χ4v) is 4.70. The van der Waals surface area contributed by atoms with E-state index in [9.17, 15) is 14.9 Å². The first-order valence-corrected chi connectivity index (χ1v) is 11.5. The minimum Gasteiger partial charge on any atom is -0.490 e. The molecule has 1 aliphatic heterocycles. The first-order chi connectivity index (χ1) is 15.8. The van der Waals surface area contributed by atoms with Gasteiger partial charge >= 0.3 is 0 Å². The van der Waals surface area contributed by atoms with Crippen LogP contribution in [-0.4, -0.2) is 49.7 Å². The van der Waals surface area contributed by atoms with Crippen molar-refractivity contribution in [3.05, 3.63) is 69.5 Å². The molecule has 0 radical (unpaired) electrons. The van der Waals surface area contributed by atoms with Gasteiger partial charge in [0, 0.05) is 44.6 Å². The predicted molar refractivity (Wildman–Crippen MR) is 124 cm³/mol. The molecule has 1 amide bonds. The zero-order chi connectivity index (χ0) is 23.5. The van der Waals surface area contributed by atoms with Gasteiger partial charge < -0.3 is 14.2 Å². The molecule has 0 aliphatic carbocycles. The molecule has 2 aromatic carbocycles. The van der Waals surface area contributed by atoms with E-state index in [0.717, 1.165) is 28.6 Å². The maximum Gasteiger partial charge on any atom is 0.284 e. The van der Waals surface area contributed by atoms with Crippen molar-refractivity contribution in [3.8, 4) is 5.75 Å². The minimum atomic E-state index is -0.472. The maximum atomic E-state index is 13.1. The number of aryl methyl sites for hydroxylation is 3. The smallest absolute Gasteiger partial charge is 0.284 e. The van der Waals surface area contributed by atoms with E-state index in [4.69, 9.17) is 4.74 Å². The van der Waals surface area contributed by atoms with E-state index in [1.807, 2.05) is 32.0 Å². The second kappa shape index (κ2) is 9.62. The van der Waals surface area contributed by atoms with E-state index in [1.54, 1.807) is 28.6 Å². The molecule has 1 aliphatic rings. The second-order valence-electron chi connectivity index (χ2n) is 8.10. The molecule has 1 fully saturated rings. The Hall–Kier alpha value is -3.40. The van der Waals surface area contributed by atoms with Crippen molar-refractivity contribution in [2.45, 2.75) is 42.8 Å². The summed E-state index contributed by atoms with van der Waals surface area (Å²) < 4.78 is 7.91. The van der Waals surface area contributed by atoms with Crippen molar-refractivity contribution in [2.24, 2.45) is 7.05 Å². The van der Waals surface area contributed by atoms with Crippen molar-refractivity contribution in [1.29, 1.82) is 0 Å². The number of para-hydroxylation sites is 1. The molecule has 9 nitrogen and oxygen atoms in total. The summed E-state index contributed by atoms with van der Waals surface area (Å²) in [5, 5.41) is 19.9. The summed E-state index contributed by atoms with van der Waals surface area (Å²) in [4.78, 5) is 26.4. The Morgan fingerprint density at radius 3 is 2.48 bits per heavy atom. The van der Waals surface area contributed by atoms with E-state index >= 15 is 0 Å². The Balaban J connectivity index is 1.43. The lowest BCUT2D eigenvalue weighted by Gasteiger charge is -2.33. The molecule has 10 heteroatoms. The number of hydrogen-bond donors (Lipinski definition) is 0. The van der Waals surface area contributed by atoms with Crippen molar-refractivity contribution >= 4 is 23.4 Å². The number of aromatic nitrogens is 3. The molecular weight excluding hydrogens is 442 g/mol. The molecule has 172 valence electrons. The molecule has 3 aromatic rings. The number of ether oxygens (including phenoxy) is 1. The van der Waals surface area contributed by atoms with Crippen LogP contribution < -0.4 is 4.74 Å². The van der Waals surface area contributed by atoms with Gasteiger partial charge in [-0.15, -0.1) is 10.2 Å². The molecule has 0 saturated carbocycles. The van der Waals surface area contributed by atoms with Crippen LogP contribution >= 0.6 is 11.8 Å². The van der Waals surface area contributed by atoms with Crippen molar-refractivity contribution in [2.75, 3.05) is 13.1 Å². The average molecular weight is 468 g/mol. The lowest BCUT2D eigenvalue weighted by atomic mass is 10.0. The van der Waals surface area contributed by atoms with Crippen LogP contribution in [0.3, 0.4) is 0 Å². The number of likely N-dealkylation sites (tertiary alicyclic amines) is 1. The topological polar surface area (TPSA) is 103 Å². The number of carbonyl (C=O) groups excluding carboxylic acids is 1. The first kappa shape index (κ1) is 22.8. The Bertz CT molecular complexity index is 1170. The SMILES string of the molecule is Cc1cccc(C)c1OC1CCN(C(=O)c2ccc(Sc3nncn3C)c([N+](=O)[O-])c2)CC1. The van der Waals surface area contributed by atoms with Gasteiger partial charge in [-0.1, -0.05) is 18.2 Å². The fourth-order valence-electron chi connectivity index (χ4n) is 3.85. The third kappa shape index (κ3) is 5.00. The molecule has 0 bridgehead atoms. The minimum absolute atomic E-state index is 0.0355. The first-order valence-electron chi connectivity index (χ1n) is 10.7. The monoisotopic (exact) mass is 467 g/mol. The Morgan fingerprint density at radius 2 is 1.88 bits per heavy atom. The molecule has 0 N–H and O–H groups in total. The molecule has 0 spiro atoms. The fraction of sp³-hybridized carbons (Fsp3) is 0.348. The second-order valence-corrected chi connectivity index (χ2v) is 9.11. The number of nitrogens with zero attached hydrogens (tertiary/aromatic N) is 5. The summed E-state index contributed by atoms with van der Waals surface area (Å²) in [6, 6.07) is 10.6. The number of carbonyl (C=O) groups is 1. The van der Waals surface area contributed by atoms with Crippen LogP contribution in [0.4, 0.5) is 5.69 Å². The number of nitro benzene ring substituents is 1. The summed E-state index contributed by atoms with van der Waals surface area (Å²) >= 11 is 1.14. The van der Waals surface area contributed by atoms with E-state index in [2.05, 4.69) is 10.2 Å². The Kier molecular flexibility index (Phi) is 6.64. The van der Waals surface area contributed by atoms with Gasteiger partial charge in [-0.05, 0) is 48.9 Å². The van der Waals surface area contributed by atoms with Crippen LogP contribution in [0.2, 0.25) is 0 Å². The zero-order valence-corrected chi connectivity index (χ0v) is 19.5. The van der Waals surface area contributed by atoms with Gasteiger partial charge in [-0.3, -0.25) is 14.9 Å². The van der Waals surface area contributed by atoms with Crippen LogP contribution in [0.5, 0.6) is 5.75 Å². The third-order valence-electron chi connectivity index (χ3n) is 5.70. The van der Waals surface area contributed by atoms with Gasteiger partial charge in [0.1, 0.15) is 18.2 Å². The van der Waals surface area contributed by atoms with Crippen molar-refractivity contribution < 1.29 is 14.5 Å². The number of rotatable bonds is 6. The summed E-state index contributed by atoms with van der Waals surface area (Å²) in [6.45, 7) is 5.13. The number of amides is 1. The largest absolute Gasteiger partial charge is 0.490 e. The lowest BCUT2D eigenvalue weighted by molar-refractivity contribution is -0.387. The standard InChI is InChI=1S/C23H25N5O4S/c1-15-5-4-6-16(2)21(15)32-18-9-11-27(12-10-18)22(29)17-7-8-20(19(13-17)28(30)31)33-23-25-24-14-26(23)3/h4-8,13-14,18H,9-12H2,1-3H3. The predicted octanol–water partition coefficient (Wildman–Crippen LogP) is 4.17. The highest BCUT2D eigenvalue weighted by Gasteiger charge is 2.27. The Labute approximate surface area is 195 Å². The maximum absolute atomic E-state index is 13.1.